The van der Waals surface area contributed by atoms with Gasteiger partial charge in [0, 0.05) is 6.04 Å². The SMILES string of the molecule is CCC(CC1CC1)NCCCF. The number of hydrogen-bond donors (Lipinski definition) is 1. The Labute approximate surface area is 74.7 Å². The maximum Gasteiger partial charge on any atom is 0.0906 e. The fourth-order valence-electron chi connectivity index (χ4n) is 1.52. The highest BCUT2D eigenvalue weighted by atomic mass is 19.1. The fraction of sp³-hybridized carbons (Fsp3) is 1.00. The zero-order valence-electron chi connectivity index (χ0n) is 7.98. The molecule has 1 nitrogen and oxygen atoms in total. The van der Waals surface area contributed by atoms with E-state index in [1.807, 2.05) is 0 Å². The molecular formula is C10H20FN. The van der Waals surface area contributed by atoms with E-state index in [2.05, 4.69) is 12.2 Å². The van der Waals surface area contributed by atoms with Gasteiger partial charge in [0.05, 0.1) is 6.67 Å². The van der Waals surface area contributed by atoms with E-state index < -0.39 is 0 Å². The minimum Gasteiger partial charge on any atom is -0.314 e. The summed E-state index contributed by atoms with van der Waals surface area (Å²) in [6.45, 7) is 2.87. The van der Waals surface area contributed by atoms with Crippen LogP contribution >= 0.6 is 0 Å². The average molecular weight is 173 g/mol. The van der Waals surface area contributed by atoms with Crippen LogP contribution in [-0.2, 0) is 0 Å². The Bertz CT molecular complexity index is 112. The van der Waals surface area contributed by atoms with E-state index in [1.165, 1.54) is 25.7 Å². The van der Waals surface area contributed by atoms with Crippen molar-refractivity contribution in [3.63, 3.8) is 0 Å². The maximum absolute atomic E-state index is 11.8. The van der Waals surface area contributed by atoms with Crippen molar-refractivity contribution >= 4 is 0 Å². The molecular weight excluding hydrogens is 153 g/mol. The smallest absolute Gasteiger partial charge is 0.0906 e. The first-order chi connectivity index (χ1) is 5.86. The van der Waals surface area contributed by atoms with Crippen LogP contribution in [0, 0.1) is 5.92 Å². The van der Waals surface area contributed by atoms with Crippen molar-refractivity contribution in [3.8, 4) is 0 Å². The van der Waals surface area contributed by atoms with E-state index in [0.717, 1.165) is 12.5 Å². The standard InChI is InChI=1S/C10H20FN/c1-2-10(8-9-4-5-9)12-7-3-6-11/h9-10,12H,2-8H2,1H3. The summed E-state index contributed by atoms with van der Waals surface area (Å²) in [6.07, 6.45) is 6.00. The summed E-state index contributed by atoms with van der Waals surface area (Å²) < 4.78 is 11.8. The number of halogens is 1. The van der Waals surface area contributed by atoms with Crippen LogP contribution in [0.1, 0.15) is 39.0 Å². The summed E-state index contributed by atoms with van der Waals surface area (Å²) in [5, 5.41) is 3.40. The third-order valence-corrected chi connectivity index (χ3v) is 2.55. The fourth-order valence-corrected chi connectivity index (χ4v) is 1.52. The van der Waals surface area contributed by atoms with Gasteiger partial charge in [0.1, 0.15) is 0 Å². The first kappa shape index (κ1) is 9.97. The molecule has 2 heteroatoms. The average Bonchev–Trinajstić information content (AvgIpc) is 2.87. The highest BCUT2D eigenvalue weighted by Gasteiger charge is 2.24. The summed E-state index contributed by atoms with van der Waals surface area (Å²) >= 11 is 0. The molecule has 1 unspecified atom stereocenters. The molecule has 1 aliphatic carbocycles. The van der Waals surface area contributed by atoms with Gasteiger partial charge in [-0.1, -0.05) is 19.8 Å². The van der Waals surface area contributed by atoms with Crippen LogP contribution in [0.2, 0.25) is 0 Å². The minimum atomic E-state index is -0.188. The van der Waals surface area contributed by atoms with E-state index in [4.69, 9.17) is 0 Å². The number of nitrogens with one attached hydrogen (secondary N) is 1. The molecule has 0 aromatic carbocycles. The number of alkyl halides is 1. The number of rotatable bonds is 7. The molecule has 0 spiro atoms. The second-order valence-corrected chi connectivity index (χ2v) is 3.78. The van der Waals surface area contributed by atoms with Gasteiger partial charge in [-0.05, 0) is 31.7 Å². The molecule has 0 bridgehead atoms. The van der Waals surface area contributed by atoms with Gasteiger partial charge in [-0.25, -0.2) is 0 Å². The molecule has 0 radical (unpaired) electrons. The predicted octanol–water partition coefficient (Wildman–Crippen LogP) is 2.51. The Hall–Kier alpha value is -0.110. The minimum absolute atomic E-state index is 0.188. The second kappa shape index (κ2) is 5.52. The quantitative estimate of drug-likeness (QED) is 0.583. The van der Waals surface area contributed by atoms with E-state index in [1.54, 1.807) is 0 Å². The maximum atomic E-state index is 11.8. The Morgan fingerprint density at radius 2 is 2.25 bits per heavy atom. The third-order valence-electron chi connectivity index (χ3n) is 2.55. The lowest BCUT2D eigenvalue weighted by Crippen LogP contribution is -2.30. The summed E-state index contributed by atoms with van der Waals surface area (Å²) in [4.78, 5) is 0. The Morgan fingerprint density at radius 3 is 2.75 bits per heavy atom. The van der Waals surface area contributed by atoms with Crippen molar-refractivity contribution in [2.45, 2.75) is 45.1 Å². The van der Waals surface area contributed by atoms with E-state index in [-0.39, 0.29) is 6.67 Å². The Morgan fingerprint density at radius 1 is 1.50 bits per heavy atom. The zero-order valence-corrected chi connectivity index (χ0v) is 7.98. The van der Waals surface area contributed by atoms with E-state index in [9.17, 15) is 4.39 Å². The topological polar surface area (TPSA) is 12.0 Å². The van der Waals surface area contributed by atoms with Crippen molar-refractivity contribution in [2.24, 2.45) is 5.92 Å². The normalized spacial score (nSPS) is 19.5. The summed E-state index contributed by atoms with van der Waals surface area (Å²) in [7, 11) is 0. The van der Waals surface area contributed by atoms with Crippen LogP contribution in [0.15, 0.2) is 0 Å². The number of hydrogen-bond acceptors (Lipinski definition) is 1. The third kappa shape index (κ3) is 4.05. The van der Waals surface area contributed by atoms with Gasteiger partial charge in [0.2, 0.25) is 0 Å². The summed E-state index contributed by atoms with van der Waals surface area (Å²) in [6, 6.07) is 0.643. The van der Waals surface area contributed by atoms with Gasteiger partial charge >= 0.3 is 0 Å². The molecule has 1 atom stereocenters. The van der Waals surface area contributed by atoms with Gasteiger partial charge in [-0.2, -0.15) is 0 Å². The van der Waals surface area contributed by atoms with Gasteiger partial charge in [-0.15, -0.1) is 0 Å². The van der Waals surface area contributed by atoms with Crippen LogP contribution in [-0.4, -0.2) is 19.3 Å². The van der Waals surface area contributed by atoms with Crippen LogP contribution in [0.4, 0.5) is 4.39 Å². The van der Waals surface area contributed by atoms with Crippen LogP contribution in [0.3, 0.4) is 0 Å². The molecule has 0 amide bonds. The van der Waals surface area contributed by atoms with Crippen LogP contribution < -0.4 is 5.32 Å². The lowest BCUT2D eigenvalue weighted by molar-refractivity contribution is 0.409. The molecule has 1 saturated carbocycles. The molecule has 1 N–H and O–H groups in total. The zero-order chi connectivity index (χ0) is 8.81. The van der Waals surface area contributed by atoms with Crippen molar-refractivity contribution in [3.05, 3.63) is 0 Å². The van der Waals surface area contributed by atoms with Gasteiger partial charge in [-0.3, -0.25) is 4.39 Å². The predicted molar refractivity (Wildman–Crippen MR) is 50.0 cm³/mol. The highest BCUT2D eigenvalue weighted by Crippen LogP contribution is 2.33. The van der Waals surface area contributed by atoms with E-state index in [0.29, 0.717) is 12.5 Å². The molecule has 1 rings (SSSR count). The molecule has 0 aromatic rings. The lowest BCUT2D eigenvalue weighted by Gasteiger charge is -2.15. The Kier molecular flexibility index (Phi) is 4.59. The monoisotopic (exact) mass is 173 g/mol. The molecule has 72 valence electrons. The molecule has 0 heterocycles. The lowest BCUT2D eigenvalue weighted by atomic mass is 10.1. The van der Waals surface area contributed by atoms with Crippen molar-refractivity contribution in [1.82, 2.24) is 5.32 Å². The highest BCUT2D eigenvalue weighted by molar-refractivity contribution is 4.79. The van der Waals surface area contributed by atoms with Crippen molar-refractivity contribution in [2.75, 3.05) is 13.2 Å². The van der Waals surface area contributed by atoms with E-state index >= 15 is 0 Å². The molecule has 0 aromatic heterocycles. The van der Waals surface area contributed by atoms with Crippen LogP contribution in [0.25, 0.3) is 0 Å². The molecule has 0 aliphatic heterocycles. The van der Waals surface area contributed by atoms with Crippen molar-refractivity contribution < 1.29 is 4.39 Å². The van der Waals surface area contributed by atoms with Gasteiger partial charge in [0.15, 0.2) is 0 Å². The first-order valence-electron chi connectivity index (χ1n) is 5.16. The first-order valence-corrected chi connectivity index (χ1v) is 5.16. The largest absolute Gasteiger partial charge is 0.314 e. The molecule has 1 aliphatic rings. The molecule has 12 heavy (non-hydrogen) atoms. The van der Waals surface area contributed by atoms with Crippen molar-refractivity contribution in [1.29, 1.82) is 0 Å². The molecule has 1 fully saturated rings. The summed E-state index contributed by atoms with van der Waals surface area (Å²) in [5.74, 6) is 0.979. The summed E-state index contributed by atoms with van der Waals surface area (Å²) in [5.41, 5.74) is 0. The molecule has 0 saturated heterocycles. The van der Waals surface area contributed by atoms with Gasteiger partial charge < -0.3 is 5.32 Å². The van der Waals surface area contributed by atoms with Gasteiger partial charge in [0.25, 0.3) is 0 Å². The Balaban J connectivity index is 1.98. The van der Waals surface area contributed by atoms with Crippen LogP contribution in [0.5, 0.6) is 0 Å². The second-order valence-electron chi connectivity index (χ2n) is 3.78.